The van der Waals surface area contributed by atoms with E-state index in [1.165, 1.54) is 0 Å². The van der Waals surface area contributed by atoms with Crippen LogP contribution in [0.2, 0.25) is 0 Å². The van der Waals surface area contributed by atoms with Crippen LogP contribution in [0, 0.1) is 11.8 Å². The second-order valence-electron chi connectivity index (χ2n) is 6.67. The SMILES string of the molecule is O=C(O)CCC/C=C\C[C@H]1[C@@H](CCCCO)[C@@H]2O[C@H]1[C@@H]1O[C@@H]12. The van der Waals surface area contributed by atoms with E-state index in [4.69, 9.17) is 19.7 Å². The third kappa shape index (κ3) is 3.36. The number of fused-ring (bicyclic) bond motifs is 5. The van der Waals surface area contributed by atoms with Crippen molar-refractivity contribution in [3.05, 3.63) is 12.2 Å². The van der Waals surface area contributed by atoms with Crippen molar-refractivity contribution in [2.75, 3.05) is 6.61 Å². The second-order valence-corrected chi connectivity index (χ2v) is 6.67. The monoisotopic (exact) mass is 310 g/mol. The smallest absolute Gasteiger partial charge is 0.303 e. The van der Waals surface area contributed by atoms with Crippen LogP contribution in [0.15, 0.2) is 12.2 Å². The first-order chi connectivity index (χ1) is 10.7. The lowest BCUT2D eigenvalue weighted by molar-refractivity contribution is -0.137. The molecule has 3 rings (SSSR count). The number of carboxylic acid groups (broad SMARTS) is 1. The summed E-state index contributed by atoms with van der Waals surface area (Å²) in [5, 5.41) is 17.6. The number of hydrogen-bond donors (Lipinski definition) is 2. The van der Waals surface area contributed by atoms with Gasteiger partial charge in [0.1, 0.15) is 12.2 Å². The zero-order chi connectivity index (χ0) is 15.5. The maximum atomic E-state index is 10.5. The highest BCUT2D eigenvalue weighted by molar-refractivity contribution is 5.66. The Bertz CT molecular complexity index is 421. The van der Waals surface area contributed by atoms with Gasteiger partial charge in [-0.25, -0.2) is 0 Å². The second kappa shape index (κ2) is 7.11. The molecule has 0 amide bonds. The van der Waals surface area contributed by atoms with Crippen molar-refractivity contribution < 1.29 is 24.5 Å². The Morgan fingerprint density at radius 1 is 0.955 bits per heavy atom. The first-order valence-electron chi connectivity index (χ1n) is 8.51. The summed E-state index contributed by atoms with van der Waals surface area (Å²) in [7, 11) is 0. The van der Waals surface area contributed by atoms with Crippen LogP contribution in [0.5, 0.6) is 0 Å². The Hall–Kier alpha value is -0.910. The molecule has 0 aromatic rings. The van der Waals surface area contributed by atoms with Gasteiger partial charge in [-0.1, -0.05) is 18.6 Å². The summed E-state index contributed by atoms with van der Waals surface area (Å²) in [6.45, 7) is 0.262. The van der Waals surface area contributed by atoms with Crippen LogP contribution < -0.4 is 0 Å². The molecule has 124 valence electrons. The number of ether oxygens (including phenoxy) is 2. The average Bonchev–Trinajstić information content (AvgIpc) is 3.12. The minimum atomic E-state index is -0.726. The fourth-order valence-corrected chi connectivity index (χ4v) is 4.10. The number of epoxide rings is 1. The number of hydrogen-bond acceptors (Lipinski definition) is 4. The highest BCUT2D eigenvalue weighted by Gasteiger charge is 2.68. The van der Waals surface area contributed by atoms with Gasteiger partial charge < -0.3 is 19.7 Å². The molecule has 22 heavy (non-hydrogen) atoms. The summed E-state index contributed by atoms with van der Waals surface area (Å²) in [5.41, 5.74) is 0. The number of carboxylic acids is 1. The molecule has 3 aliphatic rings. The van der Waals surface area contributed by atoms with Gasteiger partial charge in [-0.2, -0.15) is 0 Å². The summed E-state index contributed by atoms with van der Waals surface area (Å²) in [6, 6.07) is 0. The predicted octanol–water partition coefficient (Wildman–Crippen LogP) is 2.13. The molecule has 6 atom stereocenters. The number of allylic oxidation sites excluding steroid dienone is 2. The van der Waals surface area contributed by atoms with Gasteiger partial charge in [-0.3, -0.25) is 4.79 Å². The molecule has 2 bridgehead atoms. The molecular formula is C17H26O5. The molecule has 0 aromatic carbocycles. The Kier molecular flexibility index (Phi) is 5.16. The van der Waals surface area contributed by atoms with E-state index in [9.17, 15) is 4.79 Å². The van der Waals surface area contributed by atoms with Gasteiger partial charge in [0.25, 0.3) is 0 Å². The van der Waals surface area contributed by atoms with Crippen molar-refractivity contribution in [1.29, 1.82) is 0 Å². The Balaban J connectivity index is 1.45. The van der Waals surface area contributed by atoms with Crippen LogP contribution >= 0.6 is 0 Å². The van der Waals surface area contributed by atoms with Gasteiger partial charge in [0.2, 0.25) is 0 Å². The molecule has 0 saturated carbocycles. The molecular weight excluding hydrogens is 284 g/mol. The number of aliphatic carboxylic acids is 1. The molecule has 2 N–H and O–H groups in total. The minimum Gasteiger partial charge on any atom is -0.481 e. The first kappa shape index (κ1) is 16.0. The Morgan fingerprint density at radius 2 is 1.68 bits per heavy atom. The van der Waals surface area contributed by atoms with Crippen LogP contribution in [-0.4, -0.2) is 47.2 Å². The molecule has 3 heterocycles. The van der Waals surface area contributed by atoms with Gasteiger partial charge in [0.05, 0.1) is 12.2 Å². The maximum Gasteiger partial charge on any atom is 0.303 e. The minimum absolute atomic E-state index is 0.239. The van der Waals surface area contributed by atoms with Crippen LogP contribution in [0.25, 0.3) is 0 Å². The zero-order valence-corrected chi connectivity index (χ0v) is 12.9. The first-order valence-corrected chi connectivity index (χ1v) is 8.51. The summed E-state index contributed by atoms with van der Waals surface area (Å²) in [6.07, 6.45) is 11.2. The number of aliphatic hydroxyl groups excluding tert-OH is 1. The van der Waals surface area contributed by atoms with Gasteiger partial charge >= 0.3 is 5.97 Å². The van der Waals surface area contributed by atoms with E-state index in [0.29, 0.717) is 30.5 Å². The van der Waals surface area contributed by atoms with E-state index >= 15 is 0 Å². The number of aliphatic hydroxyl groups is 1. The molecule has 3 saturated heterocycles. The highest BCUT2D eigenvalue weighted by Crippen LogP contribution is 2.56. The molecule has 0 aliphatic carbocycles. The van der Waals surface area contributed by atoms with Crippen molar-refractivity contribution in [1.82, 2.24) is 0 Å². The van der Waals surface area contributed by atoms with Crippen molar-refractivity contribution in [2.24, 2.45) is 11.8 Å². The van der Waals surface area contributed by atoms with Crippen LogP contribution in [0.4, 0.5) is 0 Å². The summed E-state index contributed by atoms with van der Waals surface area (Å²) >= 11 is 0. The Labute approximate surface area is 131 Å². The topological polar surface area (TPSA) is 79.3 Å². The van der Waals surface area contributed by atoms with Crippen LogP contribution in [0.1, 0.15) is 44.9 Å². The number of unbranched alkanes of at least 4 members (excludes halogenated alkanes) is 2. The summed E-state index contributed by atoms with van der Waals surface area (Å²) in [5.74, 6) is 0.336. The standard InChI is InChI=1S/C17H26O5/c18-10-6-5-8-12-11(7-3-1-2-4-9-13(19)20)14-16-17(22-16)15(12)21-14/h1,3,11-12,14-18H,2,4-10H2,(H,19,20)/b3-1-/t11-,12+,14+,15-,16-,17+/m0/s1. The van der Waals surface area contributed by atoms with Crippen molar-refractivity contribution in [3.8, 4) is 0 Å². The van der Waals surface area contributed by atoms with Crippen molar-refractivity contribution in [2.45, 2.75) is 69.4 Å². The number of rotatable bonds is 10. The fraction of sp³-hybridized carbons (Fsp3) is 0.824. The quantitative estimate of drug-likeness (QED) is 0.367. The lowest BCUT2D eigenvalue weighted by atomic mass is 9.75. The summed E-state index contributed by atoms with van der Waals surface area (Å²) < 4.78 is 11.8. The lowest BCUT2D eigenvalue weighted by Crippen LogP contribution is -2.32. The van der Waals surface area contributed by atoms with E-state index in [0.717, 1.165) is 32.1 Å². The molecule has 5 heteroatoms. The highest BCUT2D eigenvalue weighted by atomic mass is 16.7. The number of carbonyl (C=O) groups is 1. The molecule has 3 aliphatic heterocycles. The Morgan fingerprint density at radius 3 is 2.41 bits per heavy atom. The van der Waals surface area contributed by atoms with Crippen LogP contribution in [0.3, 0.4) is 0 Å². The maximum absolute atomic E-state index is 10.5. The van der Waals surface area contributed by atoms with Crippen molar-refractivity contribution >= 4 is 5.97 Å². The average molecular weight is 310 g/mol. The molecule has 0 aromatic heterocycles. The van der Waals surface area contributed by atoms with Crippen LogP contribution in [-0.2, 0) is 14.3 Å². The largest absolute Gasteiger partial charge is 0.481 e. The van der Waals surface area contributed by atoms with Crippen molar-refractivity contribution in [3.63, 3.8) is 0 Å². The predicted molar refractivity (Wildman–Crippen MR) is 80.5 cm³/mol. The fourth-order valence-electron chi connectivity index (χ4n) is 4.10. The van der Waals surface area contributed by atoms with E-state index in [2.05, 4.69) is 12.2 Å². The van der Waals surface area contributed by atoms with E-state index in [-0.39, 0.29) is 25.2 Å². The van der Waals surface area contributed by atoms with Gasteiger partial charge in [0, 0.05) is 13.0 Å². The molecule has 0 unspecified atom stereocenters. The zero-order valence-electron chi connectivity index (χ0n) is 12.9. The van der Waals surface area contributed by atoms with Gasteiger partial charge in [-0.15, -0.1) is 0 Å². The molecule has 0 radical (unpaired) electrons. The van der Waals surface area contributed by atoms with E-state index in [1.807, 2.05) is 0 Å². The summed E-state index contributed by atoms with van der Waals surface area (Å²) in [4.78, 5) is 10.5. The molecule has 3 fully saturated rings. The third-order valence-corrected chi connectivity index (χ3v) is 5.20. The molecule has 0 spiro atoms. The van der Waals surface area contributed by atoms with E-state index < -0.39 is 5.97 Å². The molecule has 5 nitrogen and oxygen atoms in total. The van der Waals surface area contributed by atoms with Gasteiger partial charge in [0.15, 0.2) is 0 Å². The van der Waals surface area contributed by atoms with Gasteiger partial charge in [-0.05, 0) is 43.9 Å². The third-order valence-electron chi connectivity index (χ3n) is 5.20. The normalized spacial score (nSPS) is 38.6. The van der Waals surface area contributed by atoms with E-state index in [1.54, 1.807) is 0 Å². The lowest BCUT2D eigenvalue weighted by Gasteiger charge is -2.25.